The number of benzene rings is 1. The first kappa shape index (κ1) is 17.7. The van der Waals surface area contributed by atoms with Crippen molar-refractivity contribution >= 4 is 23.3 Å². The van der Waals surface area contributed by atoms with Gasteiger partial charge in [0.1, 0.15) is 5.82 Å². The minimum absolute atomic E-state index is 0.0182. The molecule has 2 heterocycles. The Bertz CT molecular complexity index is 717. The molecule has 1 saturated heterocycles. The van der Waals surface area contributed by atoms with Crippen molar-refractivity contribution in [3.63, 3.8) is 0 Å². The van der Waals surface area contributed by atoms with Gasteiger partial charge >= 0.3 is 0 Å². The Hall–Kier alpha value is -2.11. The number of pyridine rings is 1. The lowest BCUT2D eigenvalue weighted by Crippen LogP contribution is -2.36. The van der Waals surface area contributed by atoms with Gasteiger partial charge in [-0.25, -0.2) is 4.98 Å². The van der Waals surface area contributed by atoms with Crippen LogP contribution in [0.25, 0.3) is 0 Å². The summed E-state index contributed by atoms with van der Waals surface area (Å²) >= 11 is 6.12. The summed E-state index contributed by atoms with van der Waals surface area (Å²) in [7, 11) is 0. The van der Waals surface area contributed by atoms with Crippen LogP contribution in [0.4, 0.5) is 5.82 Å². The Morgan fingerprint density at radius 2 is 2.04 bits per heavy atom. The average molecular weight is 360 g/mol. The number of nitrogens with zero attached hydrogens (tertiary/aromatic N) is 2. The van der Waals surface area contributed by atoms with Crippen LogP contribution in [-0.2, 0) is 22.5 Å². The van der Waals surface area contributed by atoms with E-state index in [0.29, 0.717) is 24.4 Å². The van der Waals surface area contributed by atoms with Gasteiger partial charge in [0, 0.05) is 37.3 Å². The lowest BCUT2D eigenvalue weighted by molar-refractivity contribution is -0.121. The maximum atomic E-state index is 12.1. The quantitative estimate of drug-likeness (QED) is 0.861. The topological polar surface area (TPSA) is 54.5 Å². The van der Waals surface area contributed by atoms with E-state index in [1.807, 2.05) is 36.4 Å². The Morgan fingerprint density at radius 1 is 1.24 bits per heavy atom. The summed E-state index contributed by atoms with van der Waals surface area (Å²) in [5.74, 6) is 0.954. The van der Waals surface area contributed by atoms with E-state index >= 15 is 0 Å². The zero-order chi connectivity index (χ0) is 17.5. The Balaban J connectivity index is 1.49. The van der Waals surface area contributed by atoms with Crippen molar-refractivity contribution in [3.05, 3.63) is 58.7 Å². The van der Waals surface area contributed by atoms with Gasteiger partial charge in [-0.1, -0.05) is 29.8 Å². The molecule has 1 aliphatic heterocycles. The van der Waals surface area contributed by atoms with Crippen LogP contribution in [0, 0.1) is 0 Å². The second kappa shape index (κ2) is 8.83. The molecule has 0 aliphatic carbocycles. The zero-order valence-corrected chi connectivity index (χ0v) is 14.8. The summed E-state index contributed by atoms with van der Waals surface area (Å²) in [5.41, 5.74) is 2.04. The van der Waals surface area contributed by atoms with Crippen LogP contribution in [0.1, 0.15) is 17.5 Å². The van der Waals surface area contributed by atoms with Crippen LogP contribution in [0.2, 0.25) is 5.02 Å². The number of carbonyl (C=O) groups excluding carboxylic acids is 1. The first-order valence-electron chi connectivity index (χ1n) is 8.50. The number of halogens is 1. The van der Waals surface area contributed by atoms with Crippen molar-refractivity contribution in [2.45, 2.75) is 19.4 Å². The number of aromatic nitrogens is 1. The van der Waals surface area contributed by atoms with Crippen LogP contribution in [-0.4, -0.2) is 37.2 Å². The molecule has 1 amide bonds. The van der Waals surface area contributed by atoms with Gasteiger partial charge in [0.15, 0.2) is 0 Å². The van der Waals surface area contributed by atoms with Crippen LogP contribution in [0.5, 0.6) is 0 Å². The number of carbonyl (C=O) groups is 1. The average Bonchev–Trinajstić information content (AvgIpc) is 2.67. The molecule has 0 saturated carbocycles. The summed E-state index contributed by atoms with van der Waals surface area (Å²) < 4.78 is 5.37. The van der Waals surface area contributed by atoms with Crippen LogP contribution in [0.3, 0.4) is 0 Å². The van der Waals surface area contributed by atoms with E-state index in [4.69, 9.17) is 16.3 Å². The summed E-state index contributed by atoms with van der Waals surface area (Å²) in [5, 5.41) is 3.67. The highest BCUT2D eigenvalue weighted by Gasteiger charge is 2.12. The monoisotopic (exact) mass is 359 g/mol. The van der Waals surface area contributed by atoms with Crippen molar-refractivity contribution in [2.24, 2.45) is 0 Å². The molecule has 1 N–H and O–H groups in total. The molecule has 25 heavy (non-hydrogen) atoms. The molecule has 0 atom stereocenters. The van der Waals surface area contributed by atoms with Crippen molar-refractivity contribution in [1.82, 2.24) is 10.3 Å². The number of ether oxygens (including phenoxy) is 1. The first-order chi connectivity index (χ1) is 12.2. The van der Waals surface area contributed by atoms with Crippen molar-refractivity contribution in [3.8, 4) is 0 Å². The number of hydrogen-bond acceptors (Lipinski definition) is 4. The van der Waals surface area contributed by atoms with Gasteiger partial charge in [0.05, 0.1) is 13.2 Å². The van der Waals surface area contributed by atoms with Crippen LogP contribution < -0.4 is 10.2 Å². The highest BCUT2D eigenvalue weighted by atomic mass is 35.5. The van der Waals surface area contributed by atoms with E-state index in [2.05, 4.69) is 15.2 Å². The van der Waals surface area contributed by atoms with E-state index in [-0.39, 0.29) is 5.91 Å². The molecule has 2 aromatic rings. The van der Waals surface area contributed by atoms with Gasteiger partial charge in [-0.15, -0.1) is 0 Å². The molecule has 5 nitrogen and oxygen atoms in total. The van der Waals surface area contributed by atoms with Gasteiger partial charge in [0.25, 0.3) is 0 Å². The molecule has 0 unspecified atom stereocenters. The molecular formula is C19H22ClN3O2. The number of morpholine rings is 1. The van der Waals surface area contributed by atoms with Gasteiger partial charge in [-0.2, -0.15) is 0 Å². The maximum absolute atomic E-state index is 12.1. The second-order valence-electron chi connectivity index (χ2n) is 5.99. The Morgan fingerprint density at radius 3 is 2.84 bits per heavy atom. The normalized spacial score (nSPS) is 14.4. The molecule has 0 bridgehead atoms. The lowest BCUT2D eigenvalue weighted by Gasteiger charge is -2.28. The summed E-state index contributed by atoms with van der Waals surface area (Å²) in [6, 6.07) is 11.6. The van der Waals surface area contributed by atoms with E-state index in [1.54, 1.807) is 6.20 Å². The van der Waals surface area contributed by atoms with Crippen molar-refractivity contribution in [2.75, 3.05) is 31.2 Å². The number of aryl methyl sites for hydroxylation is 1. The predicted octanol–water partition coefficient (Wildman–Crippen LogP) is 2.82. The molecule has 1 fully saturated rings. The maximum Gasteiger partial charge on any atom is 0.220 e. The minimum Gasteiger partial charge on any atom is -0.378 e. The fourth-order valence-corrected chi connectivity index (χ4v) is 3.00. The van der Waals surface area contributed by atoms with E-state index in [1.165, 1.54) is 0 Å². The third kappa shape index (κ3) is 5.18. The lowest BCUT2D eigenvalue weighted by atomic mass is 10.1. The number of hydrogen-bond donors (Lipinski definition) is 1. The third-order valence-electron chi connectivity index (χ3n) is 4.21. The Labute approximate surface area is 153 Å². The summed E-state index contributed by atoms with van der Waals surface area (Å²) in [4.78, 5) is 18.7. The SMILES string of the molecule is O=C(CCc1ccccc1Cl)NCc1ccnc(N2CCOCC2)c1. The summed E-state index contributed by atoms with van der Waals surface area (Å²) in [6.07, 6.45) is 2.85. The number of nitrogens with one attached hydrogen (secondary N) is 1. The highest BCUT2D eigenvalue weighted by molar-refractivity contribution is 6.31. The largest absolute Gasteiger partial charge is 0.378 e. The molecule has 0 radical (unpaired) electrons. The third-order valence-corrected chi connectivity index (χ3v) is 4.58. The van der Waals surface area contributed by atoms with Crippen LogP contribution >= 0.6 is 11.6 Å². The molecule has 6 heteroatoms. The van der Waals surface area contributed by atoms with Gasteiger partial charge in [-0.05, 0) is 35.7 Å². The first-order valence-corrected chi connectivity index (χ1v) is 8.88. The predicted molar refractivity (Wildman–Crippen MR) is 98.9 cm³/mol. The Kier molecular flexibility index (Phi) is 6.25. The zero-order valence-electron chi connectivity index (χ0n) is 14.1. The fraction of sp³-hybridized carbons (Fsp3) is 0.368. The van der Waals surface area contributed by atoms with E-state index < -0.39 is 0 Å². The van der Waals surface area contributed by atoms with E-state index in [0.717, 1.165) is 43.2 Å². The summed E-state index contributed by atoms with van der Waals surface area (Å²) in [6.45, 7) is 3.65. The smallest absolute Gasteiger partial charge is 0.220 e. The molecule has 1 aromatic heterocycles. The number of amides is 1. The van der Waals surface area contributed by atoms with E-state index in [9.17, 15) is 4.79 Å². The second-order valence-corrected chi connectivity index (χ2v) is 6.40. The molecule has 132 valence electrons. The standard InChI is InChI=1S/C19H22ClN3O2/c20-17-4-2-1-3-16(17)5-6-19(24)22-14-15-7-8-21-18(13-15)23-9-11-25-12-10-23/h1-4,7-8,13H,5-6,9-12,14H2,(H,22,24). The van der Waals surface area contributed by atoms with Gasteiger partial charge in [-0.3, -0.25) is 4.79 Å². The molecule has 0 spiro atoms. The minimum atomic E-state index is 0.0182. The van der Waals surface area contributed by atoms with Gasteiger partial charge < -0.3 is 15.0 Å². The molecule has 1 aliphatic rings. The fourth-order valence-electron chi connectivity index (χ4n) is 2.77. The number of anilines is 1. The molecular weight excluding hydrogens is 338 g/mol. The van der Waals surface area contributed by atoms with Crippen molar-refractivity contribution in [1.29, 1.82) is 0 Å². The molecule has 3 rings (SSSR count). The number of rotatable bonds is 6. The van der Waals surface area contributed by atoms with Gasteiger partial charge in [0.2, 0.25) is 5.91 Å². The highest BCUT2D eigenvalue weighted by Crippen LogP contribution is 2.17. The van der Waals surface area contributed by atoms with Crippen molar-refractivity contribution < 1.29 is 9.53 Å². The van der Waals surface area contributed by atoms with Crippen LogP contribution in [0.15, 0.2) is 42.6 Å². The molecule has 1 aromatic carbocycles.